The lowest BCUT2D eigenvalue weighted by atomic mass is 9.84. The van der Waals surface area contributed by atoms with Gasteiger partial charge in [0.1, 0.15) is 11.4 Å². The van der Waals surface area contributed by atoms with Crippen LogP contribution in [0.3, 0.4) is 0 Å². The van der Waals surface area contributed by atoms with Crippen LogP contribution in [0.1, 0.15) is 80.2 Å². The number of nitrogens with zero attached hydrogens (tertiary/aromatic N) is 2. The van der Waals surface area contributed by atoms with Crippen molar-refractivity contribution in [1.82, 2.24) is 9.80 Å². The number of hydrogen-bond acceptors (Lipinski definition) is 4. The molecule has 2 rings (SSSR count). The fraction of sp³-hybridized carbons (Fsp3) is 0.516. The van der Waals surface area contributed by atoms with Crippen molar-refractivity contribution in [1.29, 1.82) is 10.8 Å². The molecule has 1 aliphatic heterocycles. The molecule has 1 fully saturated rings. The maximum absolute atomic E-state index is 12.6. The number of ether oxygens (including phenoxy) is 1. The van der Waals surface area contributed by atoms with Crippen LogP contribution < -0.4 is 0 Å². The first-order valence-electron chi connectivity index (χ1n) is 13.5. The minimum Gasteiger partial charge on any atom is -0.444 e. The average molecular weight is 543 g/mol. The van der Waals surface area contributed by atoms with E-state index in [-0.39, 0.29) is 11.9 Å². The van der Waals surface area contributed by atoms with Crippen molar-refractivity contribution in [3.05, 3.63) is 64.2 Å². The van der Waals surface area contributed by atoms with E-state index in [1.54, 1.807) is 24.0 Å². The summed E-state index contributed by atoms with van der Waals surface area (Å²) in [6, 6.07) is 7.64. The van der Waals surface area contributed by atoms with Crippen molar-refractivity contribution in [2.45, 2.75) is 80.3 Å². The number of halogens is 1. The van der Waals surface area contributed by atoms with E-state index in [2.05, 4.69) is 19.9 Å². The topological polar surface area (TPSA) is 80.5 Å². The Morgan fingerprint density at radius 1 is 1.11 bits per heavy atom. The number of benzene rings is 1. The number of nitrogens with one attached hydrogen (secondary N) is 2. The third-order valence-electron chi connectivity index (χ3n) is 6.26. The Labute approximate surface area is 235 Å². The van der Waals surface area contributed by atoms with E-state index < -0.39 is 5.60 Å². The lowest BCUT2D eigenvalue weighted by Gasteiger charge is -2.35. The minimum absolute atomic E-state index is 0.252. The summed E-state index contributed by atoms with van der Waals surface area (Å²) in [5.41, 5.74) is 4.28. The summed E-state index contributed by atoms with van der Waals surface area (Å²) in [4.78, 5) is 16.2. The van der Waals surface area contributed by atoms with Crippen LogP contribution >= 0.6 is 11.6 Å². The van der Waals surface area contributed by atoms with Crippen LogP contribution in [-0.2, 0) is 4.74 Å². The van der Waals surface area contributed by atoms with Crippen molar-refractivity contribution in [2.24, 2.45) is 5.92 Å². The number of amidine groups is 1. The van der Waals surface area contributed by atoms with E-state index in [1.807, 2.05) is 70.8 Å². The standard InChI is InChI=1S/C29H41ClN4O2.C2H6/c1-8-20(2)25(22-15-17-34(18-16-22)28(35)36-29(4,5)6)19-26(23-10-12-24(30)13-11-23)33(7)27(32)14-9-21(3)31;1-2/h9-14,19,22,31-32H,8,15-18H2,1-7H3;1-2H3/b14-9-,25-20?,26-19-,31-21?,32-27?;. The molecule has 2 N–H and O–H groups in total. The molecule has 1 heterocycles. The highest BCUT2D eigenvalue weighted by Crippen LogP contribution is 2.33. The zero-order valence-electron chi connectivity index (χ0n) is 24.7. The molecule has 0 aromatic heterocycles. The van der Waals surface area contributed by atoms with Gasteiger partial charge in [-0.2, -0.15) is 0 Å². The molecule has 1 aromatic carbocycles. The van der Waals surface area contributed by atoms with Gasteiger partial charge >= 0.3 is 6.09 Å². The van der Waals surface area contributed by atoms with Gasteiger partial charge in [0.2, 0.25) is 0 Å². The molecule has 0 spiro atoms. The van der Waals surface area contributed by atoms with Crippen LogP contribution in [0.4, 0.5) is 4.79 Å². The van der Waals surface area contributed by atoms with Crippen LogP contribution in [0.5, 0.6) is 0 Å². The van der Waals surface area contributed by atoms with Gasteiger partial charge in [0, 0.05) is 36.6 Å². The summed E-state index contributed by atoms with van der Waals surface area (Å²) in [6.07, 6.45) is 7.82. The van der Waals surface area contributed by atoms with Gasteiger partial charge in [0.25, 0.3) is 0 Å². The number of carbonyl (C=O) groups excluding carboxylic acids is 1. The van der Waals surface area contributed by atoms with Gasteiger partial charge in [0.05, 0.1) is 0 Å². The molecule has 0 saturated carbocycles. The Morgan fingerprint density at radius 2 is 1.66 bits per heavy atom. The van der Waals surface area contributed by atoms with Crippen LogP contribution in [0, 0.1) is 16.7 Å². The molecule has 1 aliphatic rings. The van der Waals surface area contributed by atoms with Gasteiger partial charge in [-0.05, 0) is 101 Å². The van der Waals surface area contributed by atoms with Crippen molar-refractivity contribution in [3.63, 3.8) is 0 Å². The number of likely N-dealkylation sites (N-methyl/N-ethyl adjacent to an activating group) is 1. The summed E-state index contributed by atoms with van der Waals surface area (Å²) < 4.78 is 5.57. The summed E-state index contributed by atoms with van der Waals surface area (Å²) in [5.74, 6) is 0.587. The second-order valence-electron chi connectivity index (χ2n) is 10.3. The molecule has 0 aliphatic carbocycles. The number of carbonyl (C=O) groups is 1. The summed E-state index contributed by atoms with van der Waals surface area (Å²) in [7, 11) is 1.87. The SMILES string of the molecule is CC.CCC(C)=C(/C=C(/c1ccc(Cl)cc1)N(C)C(=N)/C=C\C(C)=N)C1CCN(C(=O)OC(C)(C)C)CC1. The van der Waals surface area contributed by atoms with Crippen LogP contribution in [0.25, 0.3) is 5.70 Å². The predicted octanol–water partition coefficient (Wildman–Crippen LogP) is 8.59. The van der Waals surface area contributed by atoms with E-state index in [0.29, 0.717) is 29.7 Å². The lowest BCUT2D eigenvalue weighted by Crippen LogP contribution is -2.42. The fourth-order valence-corrected chi connectivity index (χ4v) is 4.21. The minimum atomic E-state index is -0.506. The molecular formula is C31H47ClN4O2. The Hall–Kier alpha value is -2.86. The molecule has 0 bridgehead atoms. The Kier molecular flexibility index (Phi) is 13.6. The largest absolute Gasteiger partial charge is 0.444 e. The number of rotatable bonds is 7. The smallest absolute Gasteiger partial charge is 0.410 e. The monoisotopic (exact) mass is 542 g/mol. The van der Waals surface area contributed by atoms with Crippen molar-refractivity contribution >= 4 is 34.9 Å². The quantitative estimate of drug-likeness (QED) is 0.205. The Bertz CT molecular complexity index is 1040. The molecule has 1 amide bonds. The molecular weight excluding hydrogens is 496 g/mol. The summed E-state index contributed by atoms with van der Waals surface area (Å²) in [6.45, 7) is 17.0. The first-order valence-corrected chi connectivity index (χ1v) is 13.9. The van der Waals surface area contributed by atoms with Gasteiger partial charge < -0.3 is 19.9 Å². The Balaban J connectivity index is 0.00000352. The van der Waals surface area contributed by atoms with E-state index in [1.165, 1.54) is 11.1 Å². The summed E-state index contributed by atoms with van der Waals surface area (Å²) in [5, 5.41) is 16.9. The molecule has 0 atom stereocenters. The molecule has 210 valence electrons. The highest BCUT2D eigenvalue weighted by Gasteiger charge is 2.29. The fourth-order valence-electron chi connectivity index (χ4n) is 4.08. The lowest BCUT2D eigenvalue weighted by molar-refractivity contribution is 0.0195. The molecule has 1 aromatic rings. The van der Waals surface area contributed by atoms with Crippen LogP contribution in [0.2, 0.25) is 5.02 Å². The van der Waals surface area contributed by atoms with Crippen LogP contribution in [-0.4, -0.2) is 53.2 Å². The van der Waals surface area contributed by atoms with Crippen molar-refractivity contribution in [3.8, 4) is 0 Å². The molecule has 6 nitrogen and oxygen atoms in total. The number of amides is 1. The van der Waals surface area contributed by atoms with E-state index in [4.69, 9.17) is 27.2 Å². The first-order chi connectivity index (χ1) is 17.8. The predicted molar refractivity (Wildman–Crippen MR) is 162 cm³/mol. The zero-order chi connectivity index (χ0) is 29.0. The van der Waals surface area contributed by atoms with E-state index >= 15 is 0 Å². The third kappa shape index (κ3) is 10.5. The maximum atomic E-state index is 12.6. The van der Waals surface area contributed by atoms with Gasteiger partial charge in [-0.3, -0.25) is 5.41 Å². The van der Waals surface area contributed by atoms with Gasteiger partial charge in [-0.15, -0.1) is 0 Å². The second-order valence-corrected chi connectivity index (χ2v) is 10.8. The zero-order valence-corrected chi connectivity index (χ0v) is 25.5. The van der Waals surface area contributed by atoms with E-state index in [9.17, 15) is 4.79 Å². The van der Waals surface area contributed by atoms with Gasteiger partial charge in [-0.25, -0.2) is 4.79 Å². The highest BCUT2D eigenvalue weighted by atomic mass is 35.5. The highest BCUT2D eigenvalue weighted by molar-refractivity contribution is 6.30. The third-order valence-corrected chi connectivity index (χ3v) is 6.51. The molecule has 1 saturated heterocycles. The van der Waals surface area contributed by atoms with E-state index in [0.717, 1.165) is 30.5 Å². The normalized spacial score (nSPS) is 15.4. The van der Waals surface area contributed by atoms with Crippen molar-refractivity contribution < 1.29 is 9.53 Å². The maximum Gasteiger partial charge on any atom is 0.410 e. The van der Waals surface area contributed by atoms with Crippen LogP contribution in [0.15, 0.2) is 53.6 Å². The molecule has 7 heteroatoms. The second kappa shape index (κ2) is 15.5. The number of hydrogen-bond donors (Lipinski definition) is 2. The molecule has 38 heavy (non-hydrogen) atoms. The van der Waals surface area contributed by atoms with Gasteiger partial charge in [-0.1, -0.05) is 50.1 Å². The number of piperidine rings is 1. The first kappa shape index (κ1) is 33.2. The summed E-state index contributed by atoms with van der Waals surface area (Å²) >= 11 is 6.16. The van der Waals surface area contributed by atoms with Gasteiger partial charge in [0.15, 0.2) is 0 Å². The average Bonchev–Trinajstić information content (AvgIpc) is 2.88. The molecule has 0 radical (unpaired) electrons. The van der Waals surface area contributed by atoms with Crippen molar-refractivity contribution in [2.75, 3.05) is 20.1 Å². The number of allylic oxidation sites excluding steroid dienone is 4. The molecule has 0 unspecified atom stereocenters. The Morgan fingerprint density at radius 3 is 2.13 bits per heavy atom. The number of likely N-dealkylation sites (tertiary alicyclic amines) is 1.